The maximum Gasteiger partial charge on any atom is 0.247 e. The molecule has 1 N–H and O–H groups in total. The molecule has 0 spiro atoms. The molecule has 2 bridgehead atoms. The maximum absolute atomic E-state index is 13.0. The normalized spacial score (nSPS) is 30.5. The first kappa shape index (κ1) is 17.0. The molecule has 5 atom stereocenters. The fourth-order valence-electron chi connectivity index (χ4n) is 4.84. The van der Waals surface area contributed by atoms with E-state index in [9.17, 15) is 14.4 Å². The molecular weight excluding hydrogens is 328 g/mol. The van der Waals surface area contributed by atoms with E-state index < -0.39 is 6.04 Å². The van der Waals surface area contributed by atoms with Crippen molar-refractivity contribution in [3.8, 4) is 0 Å². The van der Waals surface area contributed by atoms with Crippen molar-refractivity contribution in [1.29, 1.82) is 0 Å². The van der Waals surface area contributed by atoms with E-state index >= 15 is 0 Å². The molecular formula is C21H24N2O3. The van der Waals surface area contributed by atoms with E-state index in [4.69, 9.17) is 0 Å². The van der Waals surface area contributed by atoms with Gasteiger partial charge in [-0.3, -0.25) is 19.3 Å². The van der Waals surface area contributed by atoms with Gasteiger partial charge in [0.1, 0.15) is 6.04 Å². The highest BCUT2D eigenvalue weighted by molar-refractivity contribution is 6.10. The number of hydrogen-bond acceptors (Lipinski definition) is 3. The summed E-state index contributed by atoms with van der Waals surface area (Å²) >= 11 is 0. The second kappa shape index (κ2) is 6.08. The molecule has 5 heteroatoms. The van der Waals surface area contributed by atoms with Crippen molar-refractivity contribution in [2.24, 2.45) is 23.7 Å². The van der Waals surface area contributed by atoms with Gasteiger partial charge >= 0.3 is 0 Å². The smallest absolute Gasteiger partial charge is 0.247 e. The van der Waals surface area contributed by atoms with Crippen LogP contribution in [0.3, 0.4) is 0 Å². The van der Waals surface area contributed by atoms with Gasteiger partial charge in [-0.05, 0) is 56.6 Å². The van der Waals surface area contributed by atoms with Crippen molar-refractivity contribution < 1.29 is 14.4 Å². The van der Waals surface area contributed by atoms with Crippen molar-refractivity contribution >= 4 is 23.4 Å². The van der Waals surface area contributed by atoms with Crippen LogP contribution in [-0.2, 0) is 14.4 Å². The maximum atomic E-state index is 13.0. The third-order valence-corrected chi connectivity index (χ3v) is 6.29. The fourth-order valence-corrected chi connectivity index (χ4v) is 4.84. The van der Waals surface area contributed by atoms with Crippen molar-refractivity contribution in [2.75, 3.05) is 5.32 Å². The number of imide groups is 1. The Labute approximate surface area is 153 Å². The standard InChI is InChI=1S/C21H24N2O3/c1-11-5-4-6-12(2)18(11)22-19(24)13(3)23-20(25)16-14-7-8-15(10-9-14)17(16)21(23)26/h4-8,13-17H,9-10H2,1-3H3,(H,22,24)/t13-,14+,15+,16-,17+/m1/s1. The predicted molar refractivity (Wildman–Crippen MR) is 98.2 cm³/mol. The van der Waals surface area contributed by atoms with Crippen LogP contribution in [0, 0.1) is 37.5 Å². The van der Waals surface area contributed by atoms with Crippen LogP contribution in [0.15, 0.2) is 30.4 Å². The Hall–Kier alpha value is -2.43. The lowest BCUT2D eigenvalue weighted by Gasteiger charge is -2.38. The van der Waals surface area contributed by atoms with Crippen molar-refractivity contribution in [2.45, 2.75) is 39.7 Å². The van der Waals surface area contributed by atoms with Crippen LogP contribution in [0.25, 0.3) is 0 Å². The summed E-state index contributed by atoms with van der Waals surface area (Å²) in [6, 6.07) is 4.98. The molecule has 136 valence electrons. The van der Waals surface area contributed by atoms with E-state index in [2.05, 4.69) is 17.5 Å². The van der Waals surface area contributed by atoms with Crippen LogP contribution < -0.4 is 5.32 Å². The molecule has 0 aromatic heterocycles. The number of likely N-dealkylation sites (tertiary alicyclic amines) is 1. The molecule has 1 saturated heterocycles. The van der Waals surface area contributed by atoms with E-state index in [-0.39, 0.29) is 41.4 Å². The number of fused-ring (bicyclic) bond motifs is 1. The van der Waals surface area contributed by atoms with Gasteiger partial charge in [0.25, 0.3) is 0 Å². The second-order valence-corrected chi connectivity index (χ2v) is 7.82. The quantitative estimate of drug-likeness (QED) is 0.672. The van der Waals surface area contributed by atoms with Gasteiger partial charge in [-0.25, -0.2) is 0 Å². The number of carbonyl (C=O) groups is 3. The third-order valence-electron chi connectivity index (χ3n) is 6.29. The molecule has 1 aliphatic heterocycles. The second-order valence-electron chi connectivity index (χ2n) is 7.82. The van der Waals surface area contributed by atoms with Gasteiger partial charge < -0.3 is 5.32 Å². The zero-order valence-electron chi connectivity index (χ0n) is 15.4. The molecule has 1 heterocycles. The first-order chi connectivity index (χ1) is 12.4. The van der Waals surface area contributed by atoms with Crippen molar-refractivity contribution in [1.82, 2.24) is 4.90 Å². The van der Waals surface area contributed by atoms with Gasteiger partial charge in [0.2, 0.25) is 17.7 Å². The van der Waals surface area contributed by atoms with E-state index in [1.807, 2.05) is 32.0 Å². The Morgan fingerprint density at radius 3 is 2.00 bits per heavy atom. The topological polar surface area (TPSA) is 66.5 Å². The molecule has 0 unspecified atom stereocenters. The monoisotopic (exact) mass is 352 g/mol. The highest BCUT2D eigenvalue weighted by Gasteiger charge is 2.58. The van der Waals surface area contributed by atoms with Crippen LogP contribution in [0.5, 0.6) is 0 Å². The molecule has 26 heavy (non-hydrogen) atoms. The molecule has 3 aliphatic carbocycles. The Morgan fingerprint density at radius 2 is 1.54 bits per heavy atom. The summed E-state index contributed by atoms with van der Waals surface area (Å²) in [5.74, 6) is -0.946. The van der Waals surface area contributed by atoms with Gasteiger partial charge in [-0.2, -0.15) is 0 Å². The van der Waals surface area contributed by atoms with Crippen molar-refractivity contribution in [3.05, 3.63) is 41.5 Å². The summed E-state index contributed by atoms with van der Waals surface area (Å²) in [5, 5.41) is 2.91. The number of anilines is 1. The number of amides is 3. The van der Waals surface area contributed by atoms with E-state index in [0.717, 1.165) is 29.7 Å². The minimum atomic E-state index is -0.806. The van der Waals surface area contributed by atoms with E-state index in [1.54, 1.807) is 6.92 Å². The third kappa shape index (κ3) is 2.41. The molecule has 1 aromatic rings. The molecule has 0 radical (unpaired) electrons. The predicted octanol–water partition coefficient (Wildman–Crippen LogP) is 2.83. The van der Waals surface area contributed by atoms with Gasteiger partial charge in [0, 0.05) is 5.69 Å². The van der Waals surface area contributed by atoms with Gasteiger partial charge in [0.15, 0.2) is 0 Å². The minimum absolute atomic E-state index is 0.139. The Balaban J connectivity index is 1.57. The number of carbonyl (C=O) groups excluding carboxylic acids is 3. The summed E-state index contributed by atoms with van der Waals surface area (Å²) in [6.45, 7) is 5.50. The Kier molecular flexibility index (Phi) is 3.98. The summed E-state index contributed by atoms with van der Waals surface area (Å²) in [7, 11) is 0. The lowest BCUT2D eigenvalue weighted by Crippen LogP contribution is -2.46. The molecule has 1 saturated carbocycles. The average Bonchev–Trinajstić information content (AvgIpc) is 2.91. The fraction of sp³-hybridized carbons (Fsp3) is 0.476. The molecule has 2 fully saturated rings. The van der Waals surface area contributed by atoms with Gasteiger partial charge in [0.05, 0.1) is 11.8 Å². The first-order valence-electron chi connectivity index (χ1n) is 9.32. The molecule has 5 rings (SSSR count). The summed E-state index contributed by atoms with van der Waals surface area (Å²) in [6.07, 6.45) is 6.09. The van der Waals surface area contributed by atoms with Crippen LogP contribution in [0.4, 0.5) is 5.69 Å². The van der Waals surface area contributed by atoms with Crippen LogP contribution >= 0.6 is 0 Å². The number of nitrogens with zero attached hydrogens (tertiary/aromatic N) is 1. The van der Waals surface area contributed by atoms with Crippen LogP contribution in [0.2, 0.25) is 0 Å². The number of allylic oxidation sites excluding steroid dienone is 2. The zero-order valence-corrected chi connectivity index (χ0v) is 15.4. The molecule has 3 amide bonds. The number of rotatable bonds is 3. The molecule has 5 nitrogen and oxygen atoms in total. The minimum Gasteiger partial charge on any atom is -0.324 e. The number of para-hydroxylation sites is 1. The highest BCUT2D eigenvalue weighted by Crippen LogP contribution is 2.50. The number of benzene rings is 1. The van der Waals surface area contributed by atoms with Gasteiger partial charge in [-0.1, -0.05) is 30.4 Å². The SMILES string of the molecule is Cc1cccc(C)c1NC(=O)[C@@H](C)N1C(=O)[C@@H]2[C@H](C1=O)[C@H]1C=C[C@H]2CC1. The van der Waals surface area contributed by atoms with Crippen LogP contribution in [-0.4, -0.2) is 28.7 Å². The summed E-state index contributed by atoms with van der Waals surface area (Å²) in [5.41, 5.74) is 2.67. The first-order valence-corrected chi connectivity index (χ1v) is 9.32. The summed E-state index contributed by atoms with van der Waals surface area (Å²) < 4.78 is 0. The lowest BCUT2D eigenvalue weighted by molar-refractivity contribution is -0.146. The highest BCUT2D eigenvalue weighted by atomic mass is 16.2. The van der Waals surface area contributed by atoms with Gasteiger partial charge in [-0.15, -0.1) is 0 Å². The Morgan fingerprint density at radius 1 is 1.04 bits per heavy atom. The largest absolute Gasteiger partial charge is 0.324 e. The Bertz CT molecular complexity index is 776. The number of nitrogens with one attached hydrogen (secondary N) is 1. The van der Waals surface area contributed by atoms with E-state index in [0.29, 0.717) is 0 Å². The lowest BCUT2D eigenvalue weighted by atomic mass is 9.63. The number of hydrogen-bond donors (Lipinski definition) is 1. The average molecular weight is 352 g/mol. The van der Waals surface area contributed by atoms with Crippen LogP contribution in [0.1, 0.15) is 30.9 Å². The molecule has 1 aromatic carbocycles. The zero-order chi connectivity index (χ0) is 18.6. The number of aryl methyl sites for hydroxylation is 2. The molecule has 4 aliphatic rings. The van der Waals surface area contributed by atoms with Crippen molar-refractivity contribution in [3.63, 3.8) is 0 Å². The van der Waals surface area contributed by atoms with E-state index in [1.165, 1.54) is 4.90 Å². The summed E-state index contributed by atoms with van der Waals surface area (Å²) in [4.78, 5) is 40.0.